The summed E-state index contributed by atoms with van der Waals surface area (Å²) >= 11 is 0. The van der Waals surface area contributed by atoms with Crippen LogP contribution in [0, 0.1) is 20.8 Å². The number of aryl methyl sites for hydroxylation is 3. The Morgan fingerprint density at radius 2 is 1.46 bits per heavy atom. The fourth-order valence-electron chi connectivity index (χ4n) is 4.30. The first-order valence-electron chi connectivity index (χ1n) is 12.8. The molecule has 3 aromatic carbocycles. The minimum Gasteiger partial charge on any atom is -0.357 e. The summed E-state index contributed by atoms with van der Waals surface area (Å²) in [5.74, 6) is -0.806. The minimum atomic E-state index is -4.03. The van der Waals surface area contributed by atoms with E-state index < -0.39 is 28.7 Å². The van der Waals surface area contributed by atoms with Crippen molar-refractivity contribution < 1.29 is 18.0 Å². The van der Waals surface area contributed by atoms with Crippen molar-refractivity contribution in [3.05, 3.63) is 101 Å². The number of anilines is 1. The van der Waals surface area contributed by atoms with Gasteiger partial charge in [0.05, 0.1) is 5.69 Å². The Kier molecular flexibility index (Phi) is 9.88. The molecule has 0 aliphatic rings. The molecule has 0 aliphatic heterocycles. The zero-order valence-corrected chi connectivity index (χ0v) is 24.3. The molecule has 0 heterocycles. The van der Waals surface area contributed by atoms with Crippen LogP contribution < -0.4 is 9.62 Å². The molecule has 0 aromatic heterocycles. The van der Waals surface area contributed by atoms with Crippen LogP contribution >= 0.6 is 0 Å². The van der Waals surface area contributed by atoms with E-state index >= 15 is 0 Å². The molecule has 0 saturated heterocycles. The largest absolute Gasteiger partial charge is 0.357 e. The normalized spacial score (nSPS) is 12.2. The Labute approximate surface area is 232 Å². The van der Waals surface area contributed by atoms with Crippen LogP contribution in [0.4, 0.5) is 5.69 Å². The zero-order valence-electron chi connectivity index (χ0n) is 23.5. The first kappa shape index (κ1) is 29.9. The zero-order chi connectivity index (χ0) is 28.7. The average Bonchev–Trinajstić information content (AvgIpc) is 2.91. The summed E-state index contributed by atoms with van der Waals surface area (Å²) in [5, 5.41) is 2.69. The van der Waals surface area contributed by atoms with Gasteiger partial charge in [-0.1, -0.05) is 72.3 Å². The highest BCUT2D eigenvalue weighted by Crippen LogP contribution is 2.26. The number of nitrogens with zero attached hydrogens (tertiary/aromatic N) is 3. The Morgan fingerprint density at radius 1 is 0.846 bits per heavy atom. The smallest absolute Gasteiger partial charge is 0.304 e. The van der Waals surface area contributed by atoms with E-state index in [4.69, 9.17) is 0 Å². The maximum absolute atomic E-state index is 14.1. The van der Waals surface area contributed by atoms with Gasteiger partial charge < -0.3 is 10.2 Å². The van der Waals surface area contributed by atoms with Crippen LogP contribution in [0.5, 0.6) is 0 Å². The van der Waals surface area contributed by atoms with E-state index in [0.717, 1.165) is 36.4 Å². The van der Waals surface area contributed by atoms with Gasteiger partial charge in [-0.05, 0) is 49.1 Å². The fourth-order valence-corrected chi connectivity index (χ4v) is 5.41. The molecule has 8 nitrogen and oxygen atoms in total. The van der Waals surface area contributed by atoms with E-state index in [0.29, 0.717) is 5.69 Å². The standard InChI is InChI=1S/C30H38N4O4S/c1-22-13-16-26(17-14-22)20-33(28(30(36)31-4)19-25-10-8-7-9-11-25)29(35)21-34(39(37,38)32(5)6)27-18-23(2)12-15-24(27)3/h7-18,28H,19-21H2,1-6H3,(H,31,36). The van der Waals surface area contributed by atoms with Crippen molar-refractivity contribution in [2.24, 2.45) is 0 Å². The van der Waals surface area contributed by atoms with E-state index in [1.165, 1.54) is 26.0 Å². The fraction of sp³-hybridized carbons (Fsp3) is 0.333. The monoisotopic (exact) mass is 550 g/mol. The number of amides is 2. The highest BCUT2D eigenvalue weighted by molar-refractivity contribution is 7.90. The van der Waals surface area contributed by atoms with Gasteiger partial charge >= 0.3 is 10.2 Å². The Bertz CT molecular complexity index is 1390. The summed E-state index contributed by atoms with van der Waals surface area (Å²) < 4.78 is 29.2. The number of likely N-dealkylation sites (N-methyl/N-ethyl adjacent to an activating group) is 1. The number of carbonyl (C=O) groups excluding carboxylic acids is 2. The molecule has 3 aromatic rings. The average molecular weight is 551 g/mol. The van der Waals surface area contributed by atoms with Gasteiger partial charge in [0.2, 0.25) is 11.8 Å². The molecule has 0 fully saturated rings. The molecule has 3 rings (SSSR count). The lowest BCUT2D eigenvalue weighted by molar-refractivity contribution is -0.139. The number of hydrogen-bond acceptors (Lipinski definition) is 4. The Morgan fingerprint density at radius 3 is 2.05 bits per heavy atom. The lowest BCUT2D eigenvalue weighted by Crippen LogP contribution is -2.54. The summed E-state index contributed by atoms with van der Waals surface area (Å²) in [5.41, 5.74) is 4.81. The van der Waals surface area contributed by atoms with Gasteiger partial charge in [0.1, 0.15) is 12.6 Å². The first-order valence-corrected chi connectivity index (χ1v) is 14.2. The minimum absolute atomic E-state index is 0.146. The summed E-state index contributed by atoms with van der Waals surface area (Å²) in [4.78, 5) is 28.8. The van der Waals surface area contributed by atoms with Crippen LogP contribution in [-0.4, -0.2) is 63.2 Å². The molecule has 2 amide bonds. The van der Waals surface area contributed by atoms with Crippen molar-refractivity contribution in [1.29, 1.82) is 0 Å². The number of rotatable bonds is 11. The van der Waals surface area contributed by atoms with Gasteiger partial charge in [0.15, 0.2) is 0 Å². The lowest BCUT2D eigenvalue weighted by Gasteiger charge is -2.34. The van der Waals surface area contributed by atoms with Crippen molar-refractivity contribution in [3.8, 4) is 0 Å². The second-order valence-electron chi connectivity index (χ2n) is 9.91. The summed E-state index contributed by atoms with van der Waals surface area (Å²) in [6.45, 7) is 5.34. The highest BCUT2D eigenvalue weighted by Gasteiger charge is 2.34. The van der Waals surface area contributed by atoms with Crippen molar-refractivity contribution in [2.45, 2.75) is 39.8 Å². The van der Waals surface area contributed by atoms with Crippen LogP contribution in [-0.2, 0) is 32.8 Å². The molecule has 208 valence electrons. The third-order valence-corrected chi connectivity index (χ3v) is 8.45. The number of hydrogen-bond donors (Lipinski definition) is 1. The Hall–Kier alpha value is -3.69. The molecular weight excluding hydrogens is 512 g/mol. The van der Waals surface area contributed by atoms with Crippen molar-refractivity contribution >= 4 is 27.7 Å². The van der Waals surface area contributed by atoms with Crippen LogP contribution in [0.15, 0.2) is 72.8 Å². The van der Waals surface area contributed by atoms with Gasteiger partial charge in [-0.2, -0.15) is 12.7 Å². The Balaban J connectivity index is 2.09. The van der Waals surface area contributed by atoms with Crippen molar-refractivity contribution in [1.82, 2.24) is 14.5 Å². The maximum atomic E-state index is 14.1. The predicted molar refractivity (Wildman–Crippen MR) is 156 cm³/mol. The lowest BCUT2D eigenvalue weighted by atomic mass is 10.0. The number of nitrogens with one attached hydrogen (secondary N) is 1. The molecule has 9 heteroatoms. The van der Waals surface area contributed by atoms with Crippen LogP contribution in [0.1, 0.15) is 27.8 Å². The highest BCUT2D eigenvalue weighted by atomic mass is 32.2. The topological polar surface area (TPSA) is 90.0 Å². The van der Waals surface area contributed by atoms with Crippen molar-refractivity contribution in [3.63, 3.8) is 0 Å². The van der Waals surface area contributed by atoms with Crippen LogP contribution in [0.2, 0.25) is 0 Å². The van der Waals surface area contributed by atoms with Gasteiger partial charge in [0, 0.05) is 34.1 Å². The molecule has 0 aliphatic carbocycles. The van der Waals surface area contributed by atoms with Crippen LogP contribution in [0.25, 0.3) is 0 Å². The maximum Gasteiger partial charge on any atom is 0.304 e. The van der Waals surface area contributed by atoms with Gasteiger partial charge in [-0.3, -0.25) is 9.59 Å². The number of benzene rings is 3. The quantitative estimate of drug-likeness (QED) is 0.395. The van der Waals surface area contributed by atoms with Crippen LogP contribution in [0.3, 0.4) is 0 Å². The molecule has 1 unspecified atom stereocenters. The summed E-state index contributed by atoms with van der Waals surface area (Å²) in [6.07, 6.45) is 0.280. The third kappa shape index (κ3) is 7.46. The van der Waals surface area contributed by atoms with E-state index in [1.807, 2.05) is 87.5 Å². The summed E-state index contributed by atoms with van der Waals surface area (Å²) in [7, 11) is 0.376. The molecule has 0 saturated carbocycles. The SMILES string of the molecule is CNC(=O)C(Cc1ccccc1)N(Cc1ccc(C)cc1)C(=O)CN(c1cc(C)ccc1C)S(=O)(=O)N(C)C. The summed E-state index contributed by atoms with van der Waals surface area (Å²) in [6, 6.07) is 21.8. The second kappa shape index (κ2) is 12.9. The van der Waals surface area contributed by atoms with Gasteiger partial charge in [0.25, 0.3) is 0 Å². The van der Waals surface area contributed by atoms with E-state index in [1.54, 1.807) is 6.07 Å². The second-order valence-corrected chi connectivity index (χ2v) is 12.0. The van der Waals surface area contributed by atoms with E-state index in [-0.39, 0.29) is 18.9 Å². The van der Waals surface area contributed by atoms with Crippen molar-refractivity contribution in [2.75, 3.05) is 32.0 Å². The molecule has 39 heavy (non-hydrogen) atoms. The molecule has 1 atom stereocenters. The third-order valence-electron chi connectivity index (χ3n) is 6.64. The molecule has 0 spiro atoms. The predicted octanol–water partition coefficient (Wildman–Crippen LogP) is 3.61. The number of carbonyl (C=O) groups is 2. The van der Waals surface area contributed by atoms with E-state index in [2.05, 4.69) is 5.32 Å². The first-order chi connectivity index (χ1) is 18.4. The molecule has 0 bridgehead atoms. The molecular formula is C30H38N4O4S. The molecule has 1 N–H and O–H groups in total. The molecule has 0 radical (unpaired) electrons. The van der Waals surface area contributed by atoms with Gasteiger partial charge in [-0.25, -0.2) is 4.31 Å². The van der Waals surface area contributed by atoms with E-state index in [9.17, 15) is 18.0 Å². The van der Waals surface area contributed by atoms with Gasteiger partial charge in [-0.15, -0.1) is 0 Å².